The molecule has 0 fully saturated rings. The van der Waals surface area contributed by atoms with E-state index >= 15 is 0 Å². The van der Waals surface area contributed by atoms with Crippen LogP contribution in [0.25, 0.3) is 0 Å². The molecule has 0 aliphatic rings. The highest BCUT2D eigenvalue weighted by Gasteiger charge is 2.21. The van der Waals surface area contributed by atoms with Crippen molar-refractivity contribution in [2.24, 2.45) is 0 Å². The lowest BCUT2D eigenvalue weighted by Gasteiger charge is -2.26. The number of quaternary nitrogens is 1. The number of aliphatic carboxylic acids is 1. The molecule has 0 rings (SSSR count). The maximum Gasteiger partial charge on any atom is 0.306 e. The quantitative estimate of drug-likeness (QED) is 0.0195. The molecule has 0 heterocycles. The summed E-state index contributed by atoms with van der Waals surface area (Å²) in [4.78, 5) is 37.2. The normalized spacial score (nSPS) is 13.6. The maximum atomic E-state index is 12.8. The summed E-state index contributed by atoms with van der Waals surface area (Å²) in [5.74, 6) is -2.38. The number of carboxylic acids is 1. The highest BCUT2D eigenvalue weighted by molar-refractivity contribution is 5.70. The van der Waals surface area contributed by atoms with Gasteiger partial charge in [-0.25, -0.2) is 0 Å². The Balaban J connectivity index is 4.46. The number of carbonyl (C=O) groups excluding carboxylic acids is 3. The average Bonchev–Trinajstić information content (AvgIpc) is 3.29. The fraction of sp³-hybridized carbons (Fsp3) is 0.672. The first-order chi connectivity index (χ1) is 32.6. The molecule has 2 unspecified atom stereocenters. The van der Waals surface area contributed by atoms with Gasteiger partial charge in [-0.1, -0.05) is 188 Å². The van der Waals surface area contributed by atoms with Crippen LogP contribution in [0.2, 0.25) is 0 Å². The zero-order valence-electron chi connectivity index (χ0n) is 43.2. The van der Waals surface area contributed by atoms with Crippen molar-refractivity contribution in [1.29, 1.82) is 0 Å². The number of ether oxygens (including phenoxy) is 4. The van der Waals surface area contributed by atoms with Gasteiger partial charge in [0.05, 0.1) is 40.3 Å². The SMILES string of the molecule is CC/C=C\C/C=C\C/C=C\C/C=C\C/C=C\C/C=C\C/C=C\CCCC(=O)OC(COC(=O)CCCCCCCCCCC/C=C\CCCCCCCC)COC(OCC[N+](C)(C)C)C(=O)[O-]. The summed E-state index contributed by atoms with van der Waals surface area (Å²) >= 11 is 0. The Kier molecular flexibility index (Phi) is 45.9. The maximum absolute atomic E-state index is 12.8. The van der Waals surface area contributed by atoms with Gasteiger partial charge in [0.1, 0.15) is 13.2 Å². The number of esters is 2. The summed E-state index contributed by atoms with van der Waals surface area (Å²) < 4.78 is 22.6. The lowest BCUT2D eigenvalue weighted by atomic mass is 10.1. The summed E-state index contributed by atoms with van der Waals surface area (Å²) in [6.07, 6.45) is 61.6. The van der Waals surface area contributed by atoms with Gasteiger partial charge >= 0.3 is 11.9 Å². The Bertz CT molecular complexity index is 1420. The number of rotatable bonds is 47. The van der Waals surface area contributed by atoms with Crippen LogP contribution in [0.1, 0.15) is 194 Å². The number of carbonyl (C=O) groups is 3. The average molecular weight is 936 g/mol. The van der Waals surface area contributed by atoms with Gasteiger partial charge in [-0.05, 0) is 89.9 Å². The molecule has 0 aromatic heterocycles. The molecular formula is C58H97NO8. The summed E-state index contributed by atoms with van der Waals surface area (Å²) in [5.41, 5.74) is 0. The second-order valence-electron chi connectivity index (χ2n) is 18.4. The minimum absolute atomic E-state index is 0.131. The Labute approximate surface area is 410 Å². The number of carboxylic acid groups (broad SMARTS) is 1. The molecule has 2 atom stereocenters. The van der Waals surface area contributed by atoms with E-state index in [-0.39, 0.29) is 38.6 Å². The highest BCUT2D eigenvalue weighted by Crippen LogP contribution is 2.14. The van der Waals surface area contributed by atoms with E-state index < -0.39 is 24.3 Å². The molecule has 0 bridgehead atoms. The third kappa shape index (κ3) is 49.9. The molecule has 0 N–H and O–H groups in total. The predicted octanol–water partition coefficient (Wildman–Crippen LogP) is 13.7. The topological polar surface area (TPSA) is 111 Å². The molecule has 0 aromatic carbocycles. The number of nitrogens with zero attached hydrogens (tertiary/aromatic N) is 1. The molecule has 67 heavy (non-hydrogen) atoms. The van der Waals surface area contributed by atoms with Crippen molar-refractivity contribution in [2.75, 3.05) is 47.5 Å². The fourth-order valence-corrected chi connectivity index (χ4v) is 6.75. The molecule has 0 radical (unpaired) electrons. The fourth-order valence-electron chi connectivity index (χ4n) is 6.75. The van der Waals surface area contributed by atoms with Crippen molar-refractivity contribution < 1.29 is 42.9 Å². The van der Waals surface area contributed by atoms with Crippen LogP contribution in [0.4, 0.5) is 0 Å². The van der Waals surface area contributed by atoms with Crippen LogP contribution in [0, 0.1) is 0 Å². The summed E-state index contributed by atoms with van der Waals surface area (Å²) in [7, 11) is 5.89. The van der Waals surface area contributed by atoms with Crippen LogP contribution in [0.3, 0.4) is 0 Å². The lowest BCUT2D eigenvalue weighted by Crippen LogP contribution is -2.44. The van der Waals surface area contributed by atoms with E-state index in [9.17, 15) is 19.5 Å². The molecule has 9 nitrogen and oxygen atoms in total. The number of likely N-dealkylation sites (N-methyl/N-ethyl adjacent to an activating group) is 1. The molecule has 0 amide bonds. The van der Waals surface area contributed by atoms with Crippen LogP contribution in [0.15, 0.2) is 97.2 Å². The molecule has 0 aliphatic heterocycles. The predicted molar refractivity (Wildman–Crippen MR) is 278 cm³/mol. The third-order valence-corrected chi connectivity index (χ3v) is 10.8. The molecule has 382 valence electrons. The van der Waals surface area contributed by atoms with E-state index in [2.05, 4.69) is 105 Å². The van der Waals surface area contributed by atoms with E-state index in [4.69, 9.17) is 18.9 Å². The van der Waals surface area contributed by atoms with Gasteiger partial charge in [0.2, 0.25) is 0 Å². The molecule has 0 spiro atoms. The minimum Gasteiger partial charge on any atom is -0.545 e. The van der Waals surface area contributed by atoms with Crippen molar-refractivity contribution in [3.05, 3.63) is 97.2 Å². The summed E-state index contributed by atoms with van der Waals surface area (Å²) in [5, 5.41) is 11.7. The summed E-state index contributed by atoms with van der Waals surface area (Å²) in [6.45, 7) is 4.55. The monoisotopic (exact) mass is 936 g/mol. The van der Waals surface area contributed by atoms with Crippen LogP contribution >= 0.6 is 0 Å². The molecule has 0 aliphatic carbocycles. The van der Waals surface area contributed by atoms with Crippen molar-refractivity contribution in [3.63, 3.8) is 0 Å². The molecule has 9 heteroatoms. The first kappa shape index (κ1) is 63.2. The first-order valence-electron chi connectivity index (χ1n) is 26.4. The van der Waals surface area contributed by atoms with Crippen molar-refractivity contribution in [1.82, 2.24) is 0 Å². The van der Waals surface area contributed by atoms with Gasteiger partial charge in [-0.15, -0.1) is 0 Å². The Morgan fingerprint density at radius 3 is 1.33 bits per heavy atom. The van der Waals surface area contributed by atoms with Gasteiger partial charge in [0.15, 0.2) is 12.4 Å². The Morgan fingerprint density at radius 1 is 0.463 bits per heavy atom. The van der Waals surface area contributed by atoms with Gasteiger partial charge in [-0.3, -0.25) is 9.59 Å². The zero-order valence-corrected chi connectivity index (χ0v) is 43.2. The van der Waals surface area contributed by atoms with Crippen molar-refractivity contribution >= 4 is 17.9 Å². The highest BCUT2D eigenvalue weighted by atomic mass is 16.7. The van der Waals surface area contributed by atoms with E-state index in [0.717, 1.165) is 70.6 Å². The minimum atomic E-state index is -1.64. The van der Waals surface area contributed by atoms with E-state index in [1.165, 1.54) is 83.5 Å². The zero-order chi connectivity index (χ0) is 49.2. The molecule has 0 saturated carbocycles. The third-order valence-electron chi connectivity index (χ3n) is 10.8. The Hall–Kier alpha value is -3.79. The second-order valence-corrected chi connectivity index (χ2v) is 18.4. The van der Waals surface area contributed by atoms with E-state index in [1.807, 2.05) is 27.2 Å². The van der Waals surface area contributed by atoms with Crippen LogP contribution in [-0.4, -0.2) is 82.3 Å². The van der Waals surface area contributed by atoms with Gasteiger partial charge in [0, 0.05) is 12.8 Å². The largest absolute Gasteiger partial charge is 0.545 e. The van der Waals surface area contributed by atoms with Gasteiger partial charge in [0.25, 0.3) is 0 Å². The van der Waals surface area contributed by atoms with Crippen LogP contribution in [-0.2, 0) is 33.3 Å². The number of allylic oxidation sites excluding steroid dienone is 16. The number of hydrogen-bond acceptors (Lipinski definition) is 8. The molecule has 0 saturated heterocycles. The molecule has 0 aromatic rings. The standard InChI is InChI=1S/C58H97NO8/c1-6-8-10-12-14-16-18-20-22-24-26-27-28-29-31-33-35-37-39-41-43-45-47-49-56(61)67-54(53-66-58(57(62)63)64-51-50-59(3,4)5)52-65-55(60)48-46-44-42-40-38-36-34-32-30-25-23-21-19-17-15-13-11-9-7-2/h8,10,14,16,20-23,26-27,29,31,35,37,41,43,54,58H,6-7,9,11-13,15,17-19,24-25,28,30,32-34,36,38-40,42,44-53H2,1-5H3/b10-8-,16-14-,22-20-,23-21-,27-26-,31-29-,37-35-,43-41-. The smallest absolute Gasteiger partial charge is 0.306 e. The van der Waals surface area contributed by atoms with E-state index in [0.29, 0.717) is 23.9 Å². The second kappa shape index (κ2) is 48.7. The lowest BCUT2D eigenvalue weighted by molar-refractivity contribution is -0.870. The first-order valence-corrected chi connectivity index (χ1v) is 26.4. The van der Waals surface area contributed by atoms with E-state index in [1.54, 1.807) is 0 Å². The number of hydrogen-bond donors (Lipinski definition) is 0. The van der Waals surface area contributed by atoms with Crippen LogP contribution in [0.5, 0.6) is 0 Å². The molecular weight excluding hydrogens is 839 g/mol. The van der Waals surface area contributed by atoms with Gasteiger partial charge in [-0.2, -0.15) is 0 Å². The van der Waals surface area contributed by atoms with Crippen molar-refractivity contribution in [3.8, 4) is 0 Å². The van der Waals surface area contributed by atoms with Crippen molar-refractivity contribution in [2.45, 2.75) is 206 Å². The van der Waals surface area contributed by atoms with Crippen LogP contribution < -0.4 is 5.11 Å². The summed E-state index contributed by atoms with van der Waals surface area (Å²) in [6, 6.07) is 0. The Morgan fingerprint density at radius 2 is 0.866 bits per heavy atom. The number of unbranched alkanes of at least 4 members (excludes halogenated alkanes) is 16. The van der Waals surface area contributed by atoms with Gasteiger partial charge < -0.3 is 33.3 Å².